The maximum atomic E-state index is 6.10. The van der Waals surface area contributed by atoms with Crippen molar-refractivity contribution in [1.29, 1.82) is 0 Å². The number of piperazine rings is 1. The summed E-state index contributed by atoms with van der Waals surface area (Å²) in [5.41, 5.74) is 1.48. The van der Waals surface area contributed by atoms with E-state index in [-0.39, 0.29) is 5.54 Å². The van der Waals surface area contributed by atoms with Crippen molar-refractivity contribution in [2.24, 2.45) is 0 Å². The van der Waals surface area contributed by atoms with E-state index in [9.17, 15) is 0 Å². The lowest BCUT2D eigenvalue weighted by atomic mass is 10.0. The highest BCUT2D eigenvalue weighted by atomic mass is 79.9. The Labute approximate surface area is 123 Å². The summed E-state index contributed by atoms with van der Waals surface area (Å²) in [5.74, 6) is 0. The molecule has 0 spiro atoms. The van der Waals surface area contributed by atoms with E-state index in [1.807, 2.05) is 12.1 Å². The zero-order valence-corrected chi connectivity index (χ0v) is 13.6. The SMILES string of the molecule is CC(C)(C)N1CCN(c2cc(Cl)cc(Br)c2)CC1. The zero-order chi connectivity index (χ0) is 13.3. The van der Waals surface area contributed by atoms with Gasteiger partial charge < -0.3 is 4.90 Å². The smallest absolute Gasteiger partial charge is 0.0437 e. The van der Waals surface area contributed by atoms with Gasteiger partial charge in [-0.05, 0) is 39.0 Å². The van der Waals surface area contributed by atoms with Gasteiger partial charge in [0.05, 0.1) is 0 Å². The summed E-state index contributed by atoms with van der Waals surface area (Å²) in [7, 11) is 0. The molecule has 0 amide bonds. The van der Waals surface area contributed by atoms with E-state index in [2.05, 4.69) is 52.6 Å². The Morgan fingerprint density at radius 2 is 1.67 bits per heavy atom. The molecule has 0 atom stereocenters. The van der Waals surface area contributed by atoms with Gasteiger partial charge >= 0.3 is 0 Å². The van der Waals surface area contributed by atoms with Crippen molar-refractivity contribution in [3.05, 3.63) is 27.7 Å². The quantitative estimate of drug-likeness (QED) is 0.767. The predicted molar refractivity (Wildman–Crippen MR) is 82.7 cm³/mol. The molecule has 0 radical (unpaired) electrons. The summed E-state index contributed by atoms with van der Waals surface area (Å²) >= 11 is 9.61. The number of benzene rings is 1. The van der Waals surface area contributed by atoms with Crippen molar-refractivity contribution in [3.63, 3.8) is 0 Å². The summed E-state index contributed by atoms with van der Waals surface area (Å²) in [4.78, 5) is 4.93. The van der Waals surface area contributed by atoms with Crippen molar-refractivity contribution in [2.45, 2.75) is 26.3 Å². The van der Waals surface area contributed by atoms with Crippen LogP contribution in [0.15, 0.2) is 22.7 Å². The largest absolute Gasteiger partial charge is 0.369 e. The normalized spacial score (nSPS) is 18.2. The first kappa shape index (κ1) is 14.2. The first-order chi connectivity index (χ1) is 8.36. The predicted octanol–water partition coefficient (Wildman–Crippen LogP) is 4.02. The van der Waals surface area contributed by atoms with E-state index in [1.54, 1.807) is 0 Å². The van der Waals surface area contributed by atoms with Crippen LogP contribution in [-0.2, 0) is 0 Å². The average molecular weight is 332 g/mol. The second kappa shape index (κ2) is 5.40. The fraction of sp³-hybridized carbons (Fsp3) is 0.571. The first-order valence-corrected chi connectivity index (χ1v) is 7.49. The van der Waals surface area contributed by atoms with Gasteiger partial charge in [0, 0.05) is 46.9 Å². The third kappa shape index (κ3) is 3.40. The summed E-state index contributed by atoms with van der Waals surface area (Å²) < 4.78 is 1.04. The lowest BCUT2D eigenvalue weighted by Crippen LogP contribution is -2.53. The van der Waals surface area contributed by atoms with Gasteiger partial charge in [-0.3, -0.25) is 4.90 Å². The lowest BCUT2D eigenvalue weighted by Gasteiger charge is -2.43. The van der Waals surface area contributed by atoms with Crippen LogP contribution in [0.3, 0.4) is 0 Å². The van der Waals surface area contributed by atoms with Gasteiger partial charge in [0.2, 0.25) is 0 Å². The van der Waals surface area contributed by atoms with Crippen LogP contribution in [0.1, 0.15) is 20.8 Å². The van der Waals surface area contributed by atoms with E-state index in [0.29, 0.717) is 0 Å². The number of anilines is 1. The minimum Gasteiger partial charge on any atom is -0.369 e. The Kier molecular flexibility index (Phi) is 4.25. The average Bonchev–Trinajstić information content (AvgIpc) is 2.27. The highest BCUT2D eigenvalue weighted by Crippen LogP contribution is 2.27. The van der Waals surface area contributed by atoms with E-state index in [1.165, 1.54) is 5.69 Å². The molecule has 1 aliphatic heterocycles. The van der Waals surface area contributed by atoms with Crippen molar-refractivity contribution < 1.29 is 0 Å². The molecule has 100 valence electrons. The molecular formula is C14H20BrClN2. The monoisotopic (exact) mass is 330 g/mol. The molecule has 0 bridgehead atoms. The van der Waals surface area contributed by atoms with Crippen molar-refractivity contribution in [3.8, 4) is 0 Å². The van der Waals surface area contributed by atoms with Gasteiger partial charge in [0.25, 0.3) is 0 Å². The lowest BCUT2D eigenvalue weighted by molar-refractivity contribution is 0.128. The minimum absolute atomic E-state index is 0.265. The van der Waals surface area contributed by atoms with Crippen LogP contribution in [0.4, 0.5) is 5.69 Å². The van der Waals surface area contributed by atoms with E-state index in [0.717, 1.165) is 35.7 Å². The summed E-state index contributed by atoms with van der Waals surface area (Å²) in [6, 6.07) is 6.11. The molecule has 1 saturated heterocycles. The molecule has 0 N–H and O–H groups in total. The first-order valence-electron chi connectivity index (χ1n) is 6.32. The van der Waals surface area contributed by atoms with Crippen LogP contribution in [0, 0.1) is 0 Å². The summed E-state index contributed by atoms with van der Waals surface area (Å²) in [6.07, 6.45) is 0. The van der Waals surface area contributed by atoms with Crippen molar-refractivity contribution in [2.75, 3.05) is 31.1 Å². The number of hydrogen-bond acceptors (Lipinski definition) is 2. The highest BCUT2D eigenvalue weighted by molar-refractivity contribution is 9.10. The maximum Gasteiger partial charge on any atom is 0.0437 e. The van der Waals surface area contributed by atoms with Crippen LogP contribution >= 0.6 is 27.5 Å². The van der Waals surface area contributed by atoms with Gasteiger partial charge in [-0.25, -0.2) is 0 Å². The van der Waals surface area contributed by atoms with Gasteiger partial charge in [-0.15, -0.1) is 0 Å². The van der Waals surface area contributed by atoms with Gasteiger partial charge in [-0.1, -0.05) is 27.5 Å². The molecule has 2 rings (SSSR count). The molecule has 0 unspecified atom stereocenters. The fourth-order valence-corrected chi connectivity index (χ4v) is 3.20. The summed E-state index contributed by atoms with van der Waals surface area (Å²) in [5, 5.41) is 0.789. The van der Waals surface area contributed by atoms with E-state index in [4.69, 9.17) is 11.6 Å². The van der Waals surface area contributed by atoms with Gasteiger partial charge in [0.15, 0.2) is 0 Å². The second-order valence-electron chi connectivity index (χ2n) is 5.77. The molecule has 18 heavy (non-hydrogen) atoms. The maximum absolute atomic E-state index is 6.10. The molecule has 0 aliphatic carbocycles. The number of hydrogen-bond donors (Lipinski definition) is 0. The fourth-order valence-electron chi connectivity index (χ4n) is 2.36. The van der Waals surface area contributed by atoms with Crippen LogP contribution < -0.4 is 4.90 Å². The van der Waals surface area contributed by atoms with Crippen LogP contribution in [-0.4, -0.2) is 36.6 Å². The van der Waals surface area contributed by atoms with Crippen LogP contribution in [0.5, 0.6) is 0 Å². The summed E-state index contributed by atoms with van der Waals surface area (Å²) in [6.45, 7) is 11.2. The third-order valence-electron chi connectivity index (χ3n) is 3.44. The minimum atomic E-state index is 0.265. The van der Waals surface area contributed by atoms with Gasteiger partial charge in [0.1, 0.15) is 0 Å². The highest BCUT2D eigenvalue weighted by Gasteiger charge is 2.25. The van der Waals surface area contributed by atoms with E-state index < -0.39 is 0 Å². The standard InChI is InChI=1S/C14H20BrClN2/c1-14(2,3)18-6-4-17(5-7-18)13-9-11(15)8-12(16)10-13/h8-10H,4-7H2,1-3H3. The Bertz CT molecular complexity index is 400. The molecule has 1 fully saturated rings. The number of nitrogens with zero attached hydrogens (tertiary/aromatic N) is 2. The van der Waals surface area contributed by atoms with Crippen molar-refractivity contribution >= 4 is 33.2 Å². The molecular weight excluding hydrogens is 312 g/mol. The van der Waals surface area contributed by atoms with Crippen molar-refractivity contribution in [1.82, 2.24) is 4.90 Å². The molecule has 1 aromatic rings. The molecule has 1 aliphatic rings. The topological polar surface area (TPSA) is 6.48 Å². The number of halogens is 2. The second-order valence-corrected chi connectivity index (χ2v) is 7.12. The molecule has 1 aromatic carbocycles. The van der Waals surface area contributed by atoms with Crippen LogP contribution in [0.25, 0.3) is 0 Å². The molecule has 1 heterocycles. The molecule has 2 nitrogen and oxygen atoms in total. The zero-order valence-electron chi connectivity index (χ0n) is 11.2. The third-order valence-corrected chi connectivity index (χ3v) is 4.12. The Balaban J connectivity index is 2.05. The molecule has 0 saturated carbocycles. The number of rotatable bonds is 1. The molecule has 4 heteroatoms. The molecule has 0 aromatic heterocycles. The van der Waals surface area contributed by atoms with Crippen LogP contribution in [0.2, 0.25) is 5.02 Å². The Morgan fingerprint density at radius 3 is 2.17 bits per heavy atom. The van der Waals surface area contributed by atoms with Gasteiger partial charge in [-0.2, -0.15) is 0 Å². The Hall–Kier alpha value is -0.250. The Morgan fingerprint density at radius 1 is 1.06 bits per heavy atom. The van der Waals surface area contributed by atoms with E-state index >= 15 is 0 Å².